The second kappa shape index (κ2) is 10.2. The third-order valence-electron chi connectivity index (χ3n) is 1.83. The lowest BCUT2D eigenvalue weighted by Gasteiger charge is -2.24. The molecular formula is C10H23ClN2O2. The first-order valence-electron chi connectivity index (χ1n) is 5.03. The van der Waals surface area contributed by atoms with Gasteiger partial charge < -0.3 is 15.0 Å². The van der Waals surface area contributed by atoms with Crippen molar-refractivity contribution in [2.45, 2.75) is 13.8 Å². The van der Waals surface area contributed by atoms with Crippen molar-refractivity contribution in [1.29, 1.82) is 0 Å². The third kappa shape index (κ3) is 8.66. The molecule has 0 heterocycles. The Hall–Kier alpha value is -0.320. The topological polar surface area (TPSA) is 41.6 Å². The lowest BCUT2D eigenvalue weighted by Crippen LogP contribution is -2.41. The Bertz CT molecular complexity index is 166. The van der Waals surface area contributed by atoms with Crippen LogP contribution in [0.15, 0.2) is 0 Å². The number of nitrogens with zero attached hydrogens (tertiary/aromatic N) is 1. The zero-order valence-electron chi connectivity index (χ0n) is 10.1. The Balaban J connectivity index is 0. The molecule has 1 N–H and O–H groups in total. The van der Waals surface area contributed by atoms with Crippen LogP contribution in [0.1, 0.15) is 13.8 Å². The average molecular weight is 239 g/mol. The summed E-state index contributed by atoms with van der Waals surface area (Å²) < 4.78 is 4.97. The quantitative estimate of drug-likeness (QED) is 0.712. The molecule has 0 fully saturated rings. The van der Waals surface area contributed by atoms with Crippen LogP contribution in [0, 0.1) is 5.92 Å². The van der Waals surface area contributed by atoms with E-state index in [9.17, 15) is 4.79 Å². The molecule has 0 rings (SSSR count). The van der Waals surface area contributed by atoms with Crippen molar-refractivity contribution < 1.29 is 9.53 Å². The highest BCUT2D eigenvalue weighted by Crippen LogP contribution is 1.98. The first kappa shape index (κ1) is 17.1. The molecule has 0 aromatic rings. The summed E-state index contributed by atoms with van der Waals surface area (Å²) >= 11 is 0. The van der Waals surface area contributed by atoms with E-state index in [0.29, 0.717) is 25.6 Å². The molecule has 4 nitrogen and oxygen atoms in total. The van der Waals surface area contributed by atoms with Crippen LogP contribution in [0.25, 0.3) is 0 Å². The minimum atomic E-state index is 0. The van der Waals surface area contributed by atoms with Gasteiger partial charge >= 0.3 is 0 Å². The number of halogens is 1. The van der Waals surface area contributed by atoms with Crippen LogP contribution in [-0.4, -0.2) is 51.2 Å². The number of hydrogen-bond donors (Lipinski definition) is 1. The first-order valence-corrected chi connectivity index (χ1v) is 5.03. The van der Waals surface area contributed by atoms with Crippen LogP contribution < -0.4 is 5.32 Å². The summed E-state index contributed by atoms with van der Waals surface area (Å²) in [5, 5.41) is 2.87. The van der Waals surface area contributed by atoms with Gasteiger partial charge in [-0.15, -0.1) is 12.4 Å². The molecule has 0 atom stereocenters. The van der Waals surface area contributed by atoms with Crippen molar-refractivity contribution in [1.82, 2.24) is 10.2 Å². The molecule has 0 spiro atoms. The number of nitrogens with one attached hydrogen (secondary N) is 1. The molecule has 1 amide bonds. The van der Waals surface area contributed by atoms with Crippen molar-refractivity contribution in [2.75, 3.05) is 40.4 Å². The van der Waals surface area contributed by atoms with E-state index in [-0.39, 0.29) is 18.3 Å². The number of ether oxygens (including phenoxy) is 1. The highest BCUT2D eigenvalue weighted by Gasteiger charge is 2.13. The molecule has 0 radical (unpaired) electrons. The van der Waals surface area contributed by atoms with Crippen LogP contribution >= 0.6 is 12.4 Å². The van der Waals surface area contributed by atoms with E-state index >= 15 is 0 Å². The molecule has 0 saturated carbocycles. The van der Waals surface area contributed by atoms with Crippen LogP contribution in [0.2, 0.25) is 0 Å². The predicted molar refractivity (Wildman–Crippen MR) is 64.5 cm³/mol. The molecule has 0 aliphatic carbocycles. The molecule has 92 valence electrons. The van der Waals surface area contributed by atoms with Gasteiger partial charge in [-0.05, 0) is 13.0 Å². The summed E-state index contributed by atoms with van der Waals surface area (Å²) in [5.74, 6) is 0.630. The van der Waals surface area contributed by atoms with E-state index in [1.54, 1.807) is 14.2 Å². The maximum Gasteiger partial charge on any atom is 0.236 e. The minimum Gasteiger partial charge on any atom is -0.383 e. The molecule has 15 heavy (non-hydrogen) atoms. The number of carbonyl (C=O) groups is 1. The van der Waals surface area contributed by atoms with Crippen molar-refractivity contribution in [3.63, 3.8) is 0 Å². The largest absolute Gasteiger partial charge is 0.383 e. The second-order valence-corrected chi connectivity index (χ2v) is 3.76. The summed E-state index contributed by atoms with van der Waals surface area (Å²) in [5.41, 5.74) is 0. The Morgan fingerprint density at radius 1 is 1.47 bits per heavy atom. The fourth-order valence-corrected chi connectivity index (χ4v) is 1.22. The lowest BCUT2D eigenvalue weighted by atomic mass is 10.2. The summed E-state index contributed by atoms with van der Waals surface area (Å²) in [6.45, 7) is 6.68. The number of carbonyl (C=O) groups excluding carboxylic acids is 1. The maximum atomic E-state index is 11.6. The van der Waals surface area contributed by atoms with Gasteiger partial charge in [0.25, 0.3) is 0 Å². The van der Waals surface area contributed by atoms with E-state index in [4.69, 9.17) is 4.74 Å². The number of hydrogen-bond acceptors (Lipinski definition) is 3. The van der Waals surface area contributed by atoms with Gasteiger partial charge in [-0.3, -0.25) is 4.79 Å². The van der Waals surface area contributed by atoms with Gasteiger partial charge in [0.1, 0.15) is 0 Å². The van der Waals surface area contributed by atoms with Crippen molar-refractivity contribution in [3.05, 3.63) is 0 Å². The Labute approximate surface area is 98.8 Å². The van der Waals surface area contributed by atoms with Gasteiger partial charge in [-0.2, -0.15) is 0 Å². The smallest absolute Gasteiger partial charge is 0.236 e. The van der Waals surface area contributed by atoms with Crippen LogP contribution in [0.5, 0.6) is 0 Å². The Kier molecular flexibility index (Phi) is 11.6. The molecule has 0 aromatic carbocycles. The maximum absolute atomic E-state index is 11.6. The SMILES string of the molecule is CNCC(=O)N(CCOC)CC(C)C.Cl. The number of likely N-dealkylation sites (N-methyl/N-ethyl adjacent to an activating group) is 1. The van der Waals surface area contributed by atoms with Gasteiger partial charge in [0.2, 0.25) is 5.91 Å². The van der Waals surface area contributed by atoms with Crippen molar-refractivity contribution in [3.8, 4) is 0 Å². The van der Waals surface area contributed by atoms with Gasteiger partial charge in [-0.25, -0.2) is 0 Å². The molecule has 0 bridgehead atoms. The van der Waals surface area contributed by atoms with Crippen molar-refractivity contribution in [2.24, 2.45) is 5.92 Å². The minimum absolute atomic E-state index is 0. The van der Waals surface area contributed by atoms with E-state index in [0.717, 1.165) is 6.54 Å². The van der Waals surface area contributed by atoms with Gasteiger partial charge in [0.15, 0.2) is 0 Å². The third-order valence-corrected chi connectivity index (χ3v) is 1.83. The van der Waals surface area contributed by atoms with Gasteiger partial charge in [-0.1, -0.05) is 13.8 Å². The second-order valence-electron chi connectivity index (χ2n) is 3.76. The van der Waals surface area contributed by atoms with Crippen LogP contribution in [-0.2, 0) is 9.53 Å². The molecule has 0 aromatic heterocycles. The molecule has 0 unspecified atom stereocenters. The Morgan fingerprint density at radius 3 is 2.47 bits per heavy atom. The number of methoxy groups -OCH3 is 1. The highest BCUT2D eigenvalue weighted by atomic mass is 35.5. The van der Waals surface area contributed by atoms with Gasteiger partial charge in [0, 0.05) is 20.2 Å². The first-order chi connectivity index (χ1) is 6.61. The van der Waals surface area contributed by atoms with E-state index in [2.05, 4.69) is 19.2 Å². The zero-order chi connectivity index (χ0) is 11.0. The van der Waals surface area contributed by atoms with E-state index in [1.807, 2.05) is 4.90 Å². The standard InChI is InChI=1S/C10H22N2O2.ClH/c1-9(2)8-12(5-6-14-4)10(13)7-11-3;/h9,11H,5-8H2,1-4H3;1H. The Morgan fingerprint density at radius 2 is 2.07 bits per heavy atom. The lowest BCUT2D eigenvalue weighted by molar-refractivity contribution is -0.131. The normalized spacial score (nSPS) is 9.93. The molecule has 0 aliphatic heterocycles. The number of amides is 1. The molecular weight excluding hydrogens is 216 g/mol. The average Bonchev–Trinajstić information content (AvgIpc) is 2.12. The summed E-state index contributed by atoms with van der Waals surface area (Å²) in [6, 6.07) is 0. The molecule has 0 saturated heterocycles. The highest BCUT2D eigenvalue weighted by molar-refractivity contribution is 5.85. The van der Waals surface area contributed by atoms with Crippen LogP contribution in [0.4, 0.5) is 0 Å². The zero-order valence-corrected chi connectivity index (χ0v) is 10.9. The summed E-state index contributed by atoms with van der Waals surface area (Å²) in [4.78, 5) is 13.4. The molecule has 0 aliphatic rings. The number of rotatable bonds is 7. The van der Waals surface area contributed by atoms with Crippen LogP contribution in [0.3, 0.4) is 0 Å². The fraction of sp³-hybridized carbons (Fsp3) is 0.900. The van der Waals surface area contributed by atoms with Crippen molar-refractivity contribution >= 4 is 18.3 Å². The fourth-order valence-electron chi connectivity index (χ4n) is 1.22. The molecule has 5 heteroatoms. The van der Waals surface area contributed by atoms with E-state index in [1.165, 1.54) is 0 Å². The summed E-state index contributed by atoms with van der Waals surface area (Å²) in [6.07, 6.45) is 0. The monoisotopic (exact) mass is 238 g/mol. The van der Waals surface area contributed by atoms with E-state index < -0.39 is 0 Å². The predicted octanol–water partition coefficient (Wildman–Crippen LogP) is 0.759. The van der Waals surface area contributed by atoms with Gasteiger partial charge in [0.05, 0.1) is 13.2 Å². The summed E-state index contributed by atoms with van der Waals surface area (Å²) in [7, 11) is 3.43.